The number of ether oxygens (including phenoxy) is 1. The van der Waals surface area contributed by atoms with E-state index in [1.165, 1.54) is 6.20 Å². The summed E-state index contributed by atoms with van der Waals surface area (Å²) in [6.45, 7) is -0.0450. The highest BCUT2D eigenvalue weighted by molar-refractivity contribution is 6.29. The summed E-state index contributed by atoms with van der Waals surface area (Å²) in [6.07, 6.45) is 1.38. The third-order valence-corrected chi connectivity index (χ3v) is 4.16. The number of benzene rings is 1. The Balaban J connectivity index is 1.55. The van der Waals surface area contributed by atoms with Crippen LogP contribution >= 0.6 is 11.6 Å². The predicted octanol–water partition coefficient (Wildman–Crippen LogP) is 1.80. The van der Waals surface area contributed by atoms with Gasteiger partial charge >= 0.3 is 5.97 Å². The van der Waals surface area contributed by atoms with E-state index in [0.717, 1.165) is 4.90 Å². The van der Waals surface area contributed by atoms with E-state index in [-0.39, 0.29) is 31.4 Å². The minimum Gasteiger partial charge on any atom is -0.457 e. The summed E-state index contributed by atoms with van der Waals surface area (Å²) >= 11 is 5.85. The fourth-order valence-corrected chi connectivity index (χ4v) is 2.57. The second-order valence-electron chi connectivity index (χ2n) is 5.27. The van der Waals surface area contributed by atoms with Crippen LogP contribution in [-0.2, 0) is 23.2 Å². The monoisotopic (exact) mass is 347 g/mol. The largest absolute Gasteiger partial charge is 0.457 e. The fourth-order valence-electron chi connectivity index (χ4n) is 2.42. The predicted molar refractivity (Wildman–Crippen MR) is 84.4 cm³/mol. The molecule has 0 spiro atoms. The number of hydrogen-bond acceptors (Lipinski definition) is 5. The van der Waals surface area contributed by atoms with Crippen molar-refractivity contribution in [2.75, 3.05) is 6.54 Å². The Morgan fingerprint density at radius 2 is 1.83 bits per heavy atom. The molecule has 124 valence electrons. The van der Waals surface area contributed by atoms with Crippen molar-refractivity contribution in [3.05, 3.63) is 52.6 Å². The Bertz CT molecular complexity index is 795. The second kappa shape index (κ2) is 6.45. The number of carbonyl (C=O) groups is 3. The number of nitrogens with zero attached hydrogens (tertiary/aromatic N) is 3. The second-order valence-corrected chi connectivity index (χ2v) is 5.66. The van der Waals surface area contributed by atoms with E-state index in [1.54, 1.807) is 35.9 Å². The number of fused-ring (bicyclic) bond motifs is 1. The number of amides is 2. The Kier molecular flexibility index (Phi) is 4.35. The van der Waals surface area contributed by atoms with Gasteiger partial charge in [-0.3, -0.25) is 19.3 Å². The molecule has 2 heterocycles. The molecular weight excluding hydrogens is 334 g/mol. The fraction of sp³-hybridized carbons (Fsp3) is 0.250. The lowest BCUT2D eigenvalue weighted by Gasteiger charge is -2.13. The van der Waals surface area contributed by atoms with E-state index < -0.39 is 5.97 Å². The number of imidazole rings is 1. The number of rotatable bonds is 5. The van der Waals surface area contributed by atoms with Crippen LogP contribution in [-0.4, -0.2) is 38.8 Å². The van der Waals surface area contributed by atoms with Crippen molar-refractivity contribution in [1.29, 1.82) is 0 Å². The molecule has 8 heteroatoms. The number of hydrogen-bond donors (Lipinski definition) is 0. The minimum absolute atomic E-state index is 0.0213. The summed E-state index contributed by atoms with van der Waals surface area (Å²) < 4.78 is 6.70. The van der Waals surface area contributed by atoms with Gasteiger partial charge in [0.25, 0.3) is 11.8 Å². The maximum atomic E-state index is 12.2. The van der Waals surface area contributed by atoms with Gasteiger partial charge in [-0.25, -0.2) is 4.98 Å². The molecule has 0 fully saturated rings. The Hall–Kier alpha value is -2.67. The molecule has 24 heavy (non-hydrogen) atoms. The van der Waals surface area contributed by atoms with Gasteiger partial charge in [0.05, 0.1) is 23.7 Å². The molecular formula is C16H14ClN3O4. The smallest absolute Gasteiger partial charge is 0.308 e. The van der Waals surface area contributed by atoms with Gasteiger partial charge in [-0.1, -0.05) is 23.7 Å². The SMILES string of the molecule is Cn1c(Cl)cnc1COC(=O)CCN1C(=O)c2ccccc2C1=O. The van der Waals surface area contributed by atoms with Gasteiger partial charge in [-0.15, -0.1) is 0 Å². The molecule has 1 aliphatic rings. The molecule has 0 unspecified atom stereocenters. The van der Waals surface area contributed by atoms with E-state index in [2.05, 4.69) is 4.98 Å². The molecule has 0 saturated carbocycles. The van der Waals surface area contributed by atoms with Gasteiger partial charge in [-0.05, 0) is 12.1 Å². The molecule has 1 aromatic carbocycles. The summed E-state index contributed by atoms with van der Waals surface area (Å²) in [7, 11) is 1.71. The van der Waals surface area contributed by atoms with Crippen molar-refractivity contribution >= 4 is 29.4 Å². The lowest BCUT2D eigenvalue weighted by Crippen LogP contribution is -2.32. The van der Waals surface area contributed by atoms with Gasteiger partial charge in [-0.2, -0.15) is 0 Å². The summed E-state index contributed by atoms with van der Waals surface area (Å²) in [4.78, 5) is 41.2. The molecule has 2 amide bonds. The first-order valence-corrected chi connectivity index (χ1v) is 7.63. The van der Waals surface area contributed by atoms with Crippen molar-refractivity contribution in [2.45, 2.75) is 13.0 Å². The molecule has 0 radical (unpaired) electrons. The van der Waals surface area contributed by atoms with Crippen LogP contribution in [0.4, 0.5) is 0 Å². The first kappa shape index (κ1) is 16.2. The number of aromatic nitrogens is 2. The lowest BCUT2D eigenvalue weighted by molar-refractivity contribution is -0.145. The third-order valence-electron chi connectivity index (χ3n) is 3.81. The lowest BCUT2D eigenvalue weighted by atomic mass is 10.1. The van der Waals surface area contributed by atoms with Crippen molar-refractivity contribution in [2.24, 2.45) is 7.05 Å². The van der Waals surface area contributed by atoms with E-state index in [0.29, 0.717) is 22.1 Å². The summed E-state index contributed by atoms with van der Waals surface area (Å²) in [5, 5.41) is 0.437. The topological polar surface area (TPSA) is 81.5 Å². The molecule has 1 aliphatic heterocycles. The zero-order chi connectivity index (χ0) is 17.3. The maximum Gasteiger partial charge on any atom is 0.308 e. The first-order valence-electron chi connectivity index (χ1n) is 7.26. The molecule has 0 aliphatic carbocycles. The zero-order valence-corrected chi connectivity index (χ0v) is 13.6. The van der Waals surface area contributed by atoms with Crippen LogP contribution in [0.25, 0.3) is 0 Å². The highest BCUT2D eigenvalue weighted by Crippen LogP contribution is 2.22. The molecule has 1 aromatic heterocycles. The summed E-state index contributed by atoms with van der Waals surface area (Å²) in [5.41, 5.74) is 0.719. The van der Waals surface area contributed by atoms with E-state index >= 15 is 0 Å². The van der Waals surface area contributed by atoms with E-state index in [9.17, 15) is 14.4 Å². The average molecular weight is 348 g/mol. The third kappa shape index (κ3) is 2.90. The maximum absolute atomic E-state index is 12.2. The van der Waals surface area contributed by atoms with Crippen LogP contribution in [0, 0.1) is 0 Å². The highest BCUT2D eigenvalue weighted by atomic mass is 35.5. The molecule has 3 rings (SSSR count). The average Bonchev–Trinajstić information content (AvgIpc) is 3.03. The van der Waals surface area contributed by atoms with Crippen LogP contribution in [0.15, 0.2) is 30.5 Å². The van der Waals surface area contributed by atoms with Gasteiger partial charge in [0.15, 0.2) is 0 Å². The first-order chi connectivity index (χ1) is 11.5. The van der Waals surface area contributed by atoms with Crippen LogP contribution in [0.5, 0.6) is 0 Å². The molecule has 7 nitrogen and oxygen atoms in total. The molecule has 0 saturated heterocycles. The van der Waals surface area contributed by atoms with Gasteiger partial charge in [0, 0.05) is 13.6 Å². The van der Waals surface area contributed by atoms with Gasteiger partial charge < -0.3 is 9.30 Å². The molecule has 0 N–H and O–H groups in total. The van der Waals surface area contributed by atoms with Gasteiger partial charge in [0.1, 0.15) is 17.6 Å². The van der Waals surface area contributed by atoms with Crippen molar-refractivity contribution in [1.82, 2.24) is 14.5 Å². The Morgan fingerprint density at radius 3 is 2.38 bits per heavy atom. The highest BCUT2D eigenvalue weighted by Gasteiger charge is 2.35. The van der Waals surface area contributed by atoms with Gasteiger partial charge in [0.2, 0.25) is 0 Å². The van der Waals surface area contributed by atoms with Crippen LogP contribution in [0.2, 0.25) is 5.15 Å². The van der Waals surface area contributed by atoms with Crippen molar-refractivity contribution in [3.8, 4) is 0 Å². The van der Waals surface area contributed by atoms with E-state index in [1.807, 2.05) is 0 Å². The van der Waals surface area contributed by atoms with Crippen LogP contribution < -0.4 is 0 Å². The Morgan fingerprint density at radius 1 is 1.21 bits per heavy atom. The number of esters is 1. The van der Waals surface area contributed by atoms with Crippen LogP contribution in [0.3, 0.4) is 0 Å². The molecule has 2 aromatic rings. The zero-order valence-electron chi connectivity index (χ0n) is 12.9. The number of halogens is 1. The molecule has 0 bridgehead atoms. The quantitative estimate of drug-likeness (QED) is 0.608. The normalized spacial score (nSPS) is 13.3. The Labute approximate surface area is 142 Å². The van der Waals surface area contributed by atoms with Crippen LogP contribution in [0.1, 0.15) is 33.0 Å². The minimum atomic E-state index is -0.523. The number of carbonyl (C=O) groups excluding carboxylic acids is 3. The summed E-state index contributed by atoms with van der Waals surface area (Å²) in [5.74, 6) is -0.793. The van der Waals surface area contributed by atoms with E-state index in [4.69, 9.17) is 16.3 Å². The number of imide groups is 1. The van der Waals surface area contributed by atoms with Crippen molar-refractivity contribution in [3.63, 3.8) is 0 Å². The standard InChI is InChI=1S/C16H14ClN3O4/c1-19-12(17)8-18-13(19)9-24-14(21)6-7-20-15(22)10-4-2-3-5-11(10)16(20)23/h2-5,8H,6-7,9H2,1H3. The summed E-state index contributed by atoms with van der Waals surface area (Å²) in [6, 6.07) is 6.58. The van der Waals surface area contributed by atoms with Crippen molar-refractivity contribution < 1.29 is 19.1 Å². The molecule has 0 atom stereocenters.